The fraction of sp³-hybridized carbons (Fsp3) is 0.571. The number of carbonyl (C=O) groups excluding carboxylic acids is 1. The molecule has 1 amide bonds. The first-order chi connectivity index (χ1) is 18.6. The Morgan fingerprint density at radius 1 is 1.26 bits per heavy atom. The maximum absolute atomic E-state index is 15.0. The zero-order valence-corrected chi connectivity index (χ0v) is 24.1. The van der Waals surface area contributed by atoms with E-state index in [1.165, 1.54) is 6.20 Å². The number of nitrogens with two attached hydrogens (primary N) is 1. The van der Waals surface area contributed by atoms with Crippen LogP contribution in [0.5, 0.6) is 0 Å². The van der Waals surface area contributed by atoms with Crippen molar-refractivity contribution in [2.24, 2.45) is 11.7 Å². The number of carbonyl (C=O) groups is 1. The Labute approximate surface area is 235 Å². The van der Waals surface area contributed by atoms with E-state index in [2.05, 4.69) is 29.5 Å². The van der Waals surface area contributed by atoms with Crippen molar-refractivity contribution in [1.29, 1.82) is 0 Å². The second kappa shape index (κ2) is 13.0. The molecule has 1 aromatic carbocycles. The van der Waals surface area contributed by atoms with Crippen molar-refractivity contribution in [3.63, 3.8) is 0 Å². The summed E-state index contributed by atoms with van der Waals surface area (Å²) in [5.41, 5.74) is 8.05. The van der Waals surface area contributed by atoms with E-state index < -0.39 is 27.8 Å². The van der Waals surface area contributed by atoms with Gasteiger partial charge in [-0.2, -0.15) is 4.31 Å². The van der Waals surface area contributed by atoms with Crippen LogP contribution in [0.4, 0.5) is 10.1 Å². The van der Waals surface area contributed by atoms with E-state index in [1.807, 2.05) is 12.1 Å². The summed E-state index contributed by atoms with van der Waals surface area (Å²) in [6.45, 7) is 5.10. The first-order valence-electron chi connectivity index (χ1n) is 13.8. The Hall–Kier alpha value is -2.11. The van der Waals surface area contributed by atoms with Gasteiger partial charge in [0.25, 0.3) is 0 Å². The number of nitrogens with zero attached hydrogens (tertiary/aromatic N) is 2. The molecule has 39 heavy (non-hydrogen) atoms. The summed E-state index contributed by atoms with van der Waals surface area (Å²) in [6, 6.07) is 6.36. The number of halogens is 2. The van der Waals surface area contributed by atoms with E-state index >= 15 is 4.39 Å². The molecule has 2 aliphatic heterocycles. The number of hydrogen-bond donors (Lipinski definition) is 3. The van der Waals surface area contributed by atoms with Crippen LogP contribution < -0.4 is 16.4 Å². The number of nitrogens with one attached hydrogen (secondary N) is 2. The second-order valence-electron chi connectivity index (χ2n) is 10.6. The lowest BCUT2D eigenvalue weighted by molar-refractivity contribution is -0.118. The monoisotopic (exact) mass is 579 g/mol. The molecule has 0 radical (unpaired) electrons. The molecule has 0 aliphatic carbocycles. The summed E-state index contributed by atoms with van der Waals surface area (Å²) in [5.74, 6) is -0.925. The molecule has 0 saturated carbocycles. The molecule has 3 heterocycles. The van der Waals surface area contributed by atoms with Crippen molar-refractivity contribution >= 4 is 33.2 Å². The van der Waals surface area contributed by atoms with Gasteiger partial charge in [0.05, 0.1) is 29.9 Å². The summed E-state index contributed by atoms with van der Waals surface area (Å²) in [5, 5.41) is 6.87. The number of aromatic nitrogens is 1. The third kappa shape index (κ3) is 6.97. The Balaban J connectivity index is 1.52. The zero-order chi connectivity index (χ0) is 28.2. The molecule has 2 aliphatic rings. The molecule has 2 saturated heterocycles. The Morgan fingerprint density at radius 2 is 1.97 bits per heavy atom. The molecule has 8 nitrogen and oxygen atoms in total. The predicted octanol–water partition coefficient (Wildman–Crippen LogP) is 4.06. The predicted molar refractivity (Wildman–Crippen MR) is 153 cm³/mol. The molecule has 2 aromatic rings. The van der Waals surface area contributed by atoms with E-state index in [-0.39, 0.29) is 41.8 Å². The fourth-order valence-electron chi connectivity index (χ4n) is 6.01. The number of hydrogen-bond acceptors (Lipinski definition) is 6. The van der Waals surface area contributed by atoms with Gasteiger partial charge < -0.3 is 16.4 Å². The molecule has 1 unspecified atom stereocenters. The van der Waals surface area contributed by atoms with Gasteiger partial charge in [-0.25, -0.2) is 12.8 Å². The minimum atomic E-state index is -3.36. The molecule has 2 fully saturated rings. The average Bonchev–Trinajstić information content (AvgIpc) is 3.03. The molecule has 5 atom stereocenters. The highest BCUT2D eigenvalue weighted by molar-refractivity contribution is 7.89. The van der Waals surface area contributed by atoms with Gasteiger partial charge >= 0.3 is 0 Å². The van der Waals surface area contributed by atoms with Crippen LogP contribution in [0.2, 0.25) is 5.02 Å². The largest absolute Gasteiger partial charge is 0.323 e. The maximum Gasteiger partial charge on any atom is 0.241 e. The third-order valence-corrected chi connectivity index (χ3v) is 10.5. The van der Waals surface area contributed by atoms with E-state index in [0.29, 0.717) is 36.5 Å². The van der Waals surface area contributed by atoms with Crippen molar-refractivity contribution in [2.75, 3.05) is 24.2 Å². The molecule has 11 heteroatoms. The fourth-order valence-corrected chi connectivity index (χ4v) is 7.95. The molecule has 2 bridgehead atoms. The lowest BCUT2D eigenvalue weighted by Gasteiger charge is -2.37. The number of benzene rings is 1. The van der Waals surface area contributed by atoms with Gasteiger partial charge in [-0.1, -0.05) is 50.4 Å². The molecule has 4 rings (SSSR count). The van der Waals surface area contributed by atoms with Gasteiger partial charge in [0.1, 0.15) is 5.82 Å². The second-order valence-corrected chi connectivity index (χ2v) is 13.1. The molecule has 1 aromatic heterocycles. The zero-order valence-electron chi connectivity index (χ0n) is 22.6. The number of piperazine rings is 1. The number of sulfonamides is 1. The first-order valence-corrected chi connectivity index (χ1v) is 15.8. The van der Waals surface area contributed by atoms with Gasteiger partial charge in [0.2, 0.25) is 15.9 Å². The van der Waals surface area contributed by atoms with Crippen LogP contribution in [0.25, 0.3) is 0 Å². The molecular formula is C28H39ClFN5O3S. The Morgan fingerprint density at radius 3 is 2.67 bits per heavy atom. The lowest BCUT2D eigenvalue weighted by Crippen LogP contribution is -2.57. The van der Waals surface area contributed by atoms with E-state index in [0.717, 1.165) is 31.0 Å². The molecule has 214 valence electrons. The van der Waals surface area contributed by atoms with Crippen molar-refractivity contribution in [1.82, 2.24) is 14.6 Å². The van der Waals surface area contributed by atoms with Gasteiger partial charge in [-0.15, -0.1) is 0 Å². The summed E-state index contributed by atoms with van der Waals surface area (Å²) >= 11 is 6.09. The molecule has 4 N–H and O–H groups in total. The number of amides is 1. The topological polar surface area (TPSA) is 117 Å². The highest BCUT2D eigenvalue weighted by Crippen LogP contribution is 2.34. The van der Waals surface area contributed by atoms with Crippen LogP contribution >= 0.6 is 11.6 Å². The smallest absolute Gasteiger partial charge is 0.241 e. The quantitative estimate of drug-likeness (QED) is 0.391. The number of anilines is 1. The summed E-state index contributed by atoms with van der Waals surface area (Å²) in [6.07, 6.45) is 6.34. The van der Waals surface area contributed by atoms with E-state index in [1.54, 1.807) is 16.4 Å². The van der Waals surface area contributed by atoms with E-state index in [9.17, 15) is 13.2 Å². The van der Waals surface area contributed by atoms with Crippen molar-refractivity contribution in [2.45, 2.75) is 76.4 Å². The summed E-state index contributed by atoms with van der Waals surface area (Å²) < 4.78 is 42.3. The van der Waals surface area contributed by atoms with Crippen LogP contribution in [0.15, 0.2) is 36.7 Å². The van der Waals surface area contributed by atoms with Crippen LogP contribution in [0, 0.1) is 11.7 Å². The van der Waals surface area contributed by atoms with Crippen molar-refractivity contribution in [3.8, 4) is 0 Å². The normalized spacial score (nSPS) is 24.1. The number of pyridine rings is 1. The maximum atomic E-state index is 15.0. The average molecular weight is 580 g/mol. The van der Waals surface area contributed by atoms with Gasteiger partial charge in [0.15, 0.2) is 0 Å². The molecular weight excluding hydrogens is 541 g/mol. The van der Waals surface area contributed by atoms with Crippen molar-refractivity contribution < 1.29 is 17.6 Å². The number of rotatable bonds is 10. The van der Waals surface area contributed by atoms with Crippen LogP contribution in [-0.2, 0) is 21.2 Å². The molecule has 0 spiro atoms. The van der Waals surface area contributed by atoms with Crippen molar-refractivity contribution in [3.05, 3.63) is 58.6 Å². The highest BCUT2D eigenvalue weighted by Gasteiger charge is 2.38. The summed E-state index contributed by atoms with van der Waals surface area (Å²) in [4.78, 5) is 17.4. The van der Waals surface area contributed by atoms with Crippen LogP contribution in [0.3, 0.4) is 0 Å². The minimum absolute atomic E-state index is 0.135. The lowest BCUT2D eigenvalue weighted by atomic mass is 9.77. The summed E-state index contributed by atoms with van der Waals surface area (Å²) in [7, 11) is -3.36. The Bertz CT molecular complexity index is 1240. The SMILES string of the molecule is CCC(CC)[C@H](c1ccc(Cl)cc1)[C@H](N)C(=O)Nc1cncc(F)c1CC[C@H]1CN[C@@H]2CCCS(=O)(=O)N1C2. The first kappa shape index (κ1) is 29.9. The standard InChI is InChI=1S/C28H39ClFN5O3S/c1-3-18(4-2)26(19-7-9-20(29)10-8-19)27(31)28(36)34-25-16-32-15-24(30)23(25)12-11-22-14-33-21-6-5-13-39(37,38)35(22)17-21/h7-10,15-16,18,21-22,26-27,33H,3-6,11-14,17,31H2,1-2H3,(H,34,36)/t21-,22+,26-,27+/m1/s1. The Kier molecular flexibility index (Phi) is 9.98. The minimum Gasteiger partial charge on any atom is -0.323 e. The van der Waals surface area contributed by atoms with Crippen LogP contribution in [0.1, 0.15) is 63.0 Å². The highest BCUT2D eigenvalue weighted by atomic mass is 35.5. The van der Waals surface area contributed by atoms with E-state index in [4.69, 9.17) is 17.3 Å². The van der Waals surface area contributed by atoms with Crippen LogP contribution in [-0.4, -0.2) is 60.6 Å². The van der Waals surface area contributed by atoms with Gasteiger partial charge in [-0.3, -0.25) is 9.78 Å². The van der Waals surface area contributed by atoms with Gasteiger partial charge in [0, 0.05) is 41.7 Å². The third-order valence-electron chi connectivity index (χ3n) is 8.25. The number of fused-ring (bicyclic) bond motifs is 2. The van der Waals surface area contributed by atoms with Gasteiger partial charge in [-0.05, 0) is 49.3 Å².